The number of aryl methyl sites for hydroxylation is 2. The van der Waals surface area contributed by atoms with Crippen molar-refractivity contribution in [3.8, 4) is 0 Å². The normalized spacial score (nSPS) is 10.9. The Hall–Kier alpha value is -2.33. The molecule has 0 saturated carbocycles. The molecule has 4 nitrogen and oxygen atoms in total. The third-order valence-electron chi connectivity index (χ3n) is 3.53. The van der Waals surface area contributed by atoms with Gasteiger partial charge in [0.1, 0.15) is 0 Å². The van der Waals surface area contributed by atoms with Gasteiger partial charge < -0.3 is 4.57 Å². The lowest BCUT2D eigenvalue weighted by Crippen LogP contribution is -2.00. The summed E-state index contributed by atoms with van der Waals surface area (Å²) in [7, 11) is 0. The van der Waals surface area contributed by atoms with Crippen LogP contribution in [0, 0.1) is 10.1 Å². The smallest absolute Gasteiger partial charge is 0.269 e. The van der Waals surface area contributed by atoms with Crippen molar-refractivity contribution < 1.29 is 4.92 Å². The second-order valence-electron chi connectivity index (χ2n) is 4.86. The van der Waals surface area contributed by atoms with Crippen molar-refractivity contribution in [3.63, 3.8) is 0 Å². The van der Waals surface area contributed by atoms with Crippen LogP contribution < -0.4 is 0 Å². The lowest BCUT2D eigenvalue weighted by Gasteiger charge is -2.07. The first-order valence-corrected chi connectivity index (χ1v) is 6.99. The molecule has 21 heavy (non-hydrogen) atoms. The van der Waals surface area contributed by atoms with Crippen LogP contribution in [0.3, 0.4) is 0 Å². The van der Waals surface area contributed by atoms with Crippen LogP contribution in [0.5, 0.6) is 0 Å². The van der Waals surface area contributed by atoms with Crippen LogP contribution in [0.4, 0.5) is 5.69 Å². The van der Waals surface area contributed by atoms with Crippen molar-refractivity contribution in [1.29, 1.82) is 0 Å². The average Bonchev–Trinajstić information content (AvgIpc) is 2.90. The molecular formula is C16H13ClN2O2. The van der Waals surface area contributed by atoms with Crippen molar-refractivity contribution >= 4 is 28.2 Å². The highest BCUT2D eigenvalue weighted by Gasteiger charge is 2.06. The van der Waals surface area contributed by atoms with E-state index in [2.05, 4.69) is 4.57 Å². The number of hydrogen-bond donors (Lipinski definition) is 0. The maximum atomic E-state index is 10.6. The molecule has 0 N–H and O–H groups in total. The van der Waals surface area contributed by atoms with E-state index in [9.17, 15) is 10.1 Å². The molecule has 3 aromatic rings. The van der Waals surface area contributed by atoms with E-state index >= 15 is 0 Å². The van der Waals surface area contributed by atoms with E-state index in [0.717, 1.165) is 34.5 Å². The van der Waals surface area contributed by atoms with E-state index in [4.69, 9.17) is 11.6 Å². The van der Waals surface area contributed by atoms with E-state index < -0.39 is 0 Å². The van der Waals surface area contributed by atoms with Crippen LogP contribution in [0.25, 0.3) is 10.9 Å². The zero-order valence-electron chi connectivity index (χ0n) is 11.2. The lowest BCUT2D eigenvalue weighted by molar-refractivity contribution is -0.384. The molecule has 0 aliphatic heterocycles. The van der Waals surface area contributed by atoms with Gasteiger partial charge in [0.15, 0.2) is 0 Å². The van der Waals surface area contributed by atoms with Crippen molar-refractivity contribution in [3.05, 3.63) is 75.4 Å². The van der Waals surface area contributed by atoms with Crippen LogP contribution in [-0.4, -0.2) is 9.49 Å². The topological polar surface area (TPSA) is 48.1 Å². The van der Waals surface area contributed by atoms with Crippen molar-refractivity contribution in [2.75, 3.05) is 0 Å². The average molecular weight is 301 g/mol. The third-order valence-corrected chi connectivity index (χ3v) is 3.83. The fourth-order valence-electron chi connectivity index (χ4n) is 2.43. The standard InChI is InChI=1S/C16H13ClN2O2/c17-15-3-1-2-13-9-11-18(16(13)15)10-8-12-4-6-14(7-5-12)19(20)21/h1-7,9,11H,8,10H2. The first-order chi connectivity index (χ1) is 10.1. The highest BCUT2D eigenvalue weighted by atomic mass is 35.5. The Morgan fingerprint density at radius 3 is 2.57 bits per heavy atom. The molecule has 1 aromatic heterocycles. The van der Waals surface area contributed by atoms with Gasteiger partial charge in [-0.2, -0.15) is 0 Å². The maximum Gasteiger partial charge on any atom is 0.269 e. The van der Waals surface area contributed by atoms with Gasteiger partial charge in [0.05, 0.1) is 15.5 Å². The molecule has 3 rings (SSSR count). The predicted octanol–water partition coefficient (Wildman–Crippen LogP) is 4.45. The molecule has 0 radical (unpaired) electrons. The second kappa shape index (κ2) is 5.58. The lowest BCUT2D eigenvalue weighted by atomic mass is 10.1. The quantitative estimate of drug-likeness (QED) is 0.528. The van der Waals surface area contributed by atoms with Gasteiger partial charge in [-0.05, 0) is 24.1 Å². The number of nitro groups is 1. The molecule has 0 aliphatic rings. The molecule has 5 heteroatoms. The fourth-order valence-corrected chi connectivity index (χ4v) is 2.72. The maximum absolute atomic E-state index is 10.6. The zero-order valence-corrected chi connectivity index (χ0v) is 12.0. The van der Waals surface area contributed by atoms with E-state index in [0.29, 0.717) is 0 Å². The summed E-state index contributed by atoms with van der Waals surface area (Å²) in [5.74, 6) is 0. The molecule has 2 aromatic carbocycles. The van der Waals surface area contributed by atoms with E-state index in [-0.39, 0.29) is 10.6 Å². The van der Waals surface area contributed by atoms with Gasteiger partial charge in [-0.25, -0.2) is 0 Å². The van der Waals surface area contributed by atoms with Gasteiger partial charge in [0.25, 0.3) is 5.69 Å². The van der Waals surface area contributed by atoms with Crippen molar-refractivity contribution in [2.24, 2.45) is 0 Å². The first kappa shape index (κ1) is 13.6. The highest BCUT2D eigenvalue weighted by molar-refractivity contribution is 6.35. The number of aromatic nitrogens is 1. The molecule has 0 saturated heterocycles. The molecule has 0 spiro atoms. The molecule has 0 amide bonds. The van der Waals surface area contributed by atoms with Gasteiger partial charge in [0.2, 0.25) is 0 Å². The number of nitro benzene ring substituents is 1. The van der Waals surface area contributed by atoms with Gasteiger partial charge in [0, 0.05) is 30.3 Å². The van der Waals surface area contributed by atoms with Gasteiger partial charge in [-0.15, -0.1) is 0 Å². The minimum atomic E-state index is -0.386. The molecular weight excluding hydrogens is 288 g/mol. The van der Waals surface area contributed by atoms with Crippen LogP contribution in [0.1, 0.15) is 5.56 Å². The number of halogens is 1. The number of fused-ring (bicyclic) bond motifs is 1. The first-order valence-electron chi connectivity index (χ1n) is 6.62. The second-order valence-corrected chi connectivity index (χ2v) is 5.27. The summed E-state index contributed by atoms with van der Waals surface area (Å²) in [5, 5.41) is 12.5. The molecule has 106 valence electrons. The Morgan fingerprint density at radius 1 is 1.10 bits per heavy atom. The molecule has 0 aliphatic carbocycles. The Kier molecular flexibility index (Phi) is 3.62. The summed E-state index contributed by atoms with van der Waals surface area (Å²) >= 11 is 6.25. The summed E-state index contributed by atoms with van der Waals surface area (Å²) in [6, 6.07) is 14.6. The Labute approximate surface area is 126 Å². The minimum Gasteiger partial charge on any atom is -0.346 e. The minimum absolute atomic E-state index is 0.119. The SMILES string of the molecule is O=[N+]([O-])c1ccc(CCn2ccc3cccc(Cl)c32)cc1. The monoisotopic (exact) mass is 300 g/mol. The number of para-hydroxylation sites is 1. The van der Waals surface area contributed by atoms with Gasteiger partial charge >= 0.3 is 0 Å². The fraction of sp³-hybridized carbons (Fsp3) is 0.125. The zero-order chi connectivity index (χ0) is 14.8. The van der Waals surface area contributed by atoms with Crippen LogP contribution in [-0.2, 0) is 13.0 Å². The number of rotatable bonds is 4. The number of benzene rings is 2. The van der Waals surface area contributed by atoms with Crippen LogP contribution >= 0.6 is 11.6 Å². The third kappa shape index (κ3) is 2.76. The molecule has 0 unspecified atom stereocenters. The van der Waals surface area contributed by atoms with E-state index in [1.54, 1.807) is 12.1 Å². The Balaban J connectivity index is 1.79. The predicted molar refractivity (Wildman–Crippen MR) is 83.7 cm³/mol. The summed E-state index contributed by atoms with van der Waals surface area (Å²) in [5.41, 5.74) is 2.21. The Bertz CT molecular complexity index is 794. The number of nitrogens with zero attached hydrogens (tertiary/aromatic N) is 2. The molecule has 1 heterocycles. The Morgan fingerprint density at radius 2 is 1.86 bits per heavy atom. The van der Waals surface area contributed by atoms with Crippen molar-refractivity contribution in [2.45, 2.75) is 13.0 Å². The summed E-state index contributed by atoms with van der Waals surface area (Å²) in [6.45, 7) is 0.783. The largest absolute Gasteiger partial charge is 0.346 e. The summed E-state index contributed by atoms with van der Waals surface area (Å²) in [4.78, 5) is 10.2. The van der Waals surface area contributed by atoms with E-state index in [1.807, 2.05) is 30.5 Å². The molecule has 0 fully saturated rings. The van der Waals surface area contributed by atoms with Crippen molar-refractivity contribution in [1.82, 2.24) is 4.57 Å². The molecule has 0 bridgehead atoms. The van der Waals surface area contributed by atoms with Crippen LogP contribution in [0.15, 0.2) is 54.7 Å². The van der Waals surface area contributed by atoms with Crippen LogP contribution in [0.2, 0.25) is 5.02 Å². The summed E-state index contributed by atoms with van der Waals surface area (Å²) < 4.78 is 2.11. The number of non-ortho nitro benzene ring substituents is 1. The van der Waals surface area contributed by atoms with Gasteiger partial charge in [-0.1, -0.05) is 35.9 Å². The highest BCUT2D eigenvalue weighted by Crippen LogP contribution is 2.24. The van der Waals surface area contributed by atoms with E-state index in [1.165, 1.54) is 12.1 Å². The number of hydrogen-bond acceptors (Lipinski definition) is 2. The molecule has 0 atom stereocenters. The van der Waals surface area contributed by atoms with Gasteiger partial charge in [-0.3, -0.25) is 10.1 Å². The summed E-state index contributed by atoms with van der Waals surface area (Å²) in [6.07, 6.45) is 2.81.